The summed E-state index contributed by atoms with van der Waals surface area (Å²) in [6, 6.07) is 0. The number of aliphatic hydroxyl groups excluding tert-OH is 1. The van der Waals surface area contributed by atoms with Crippen LogP contribution in [0.3, 0.4) is 0 Å². The maximum Gasteiger partial charge on any atom is 0.0801 e. The molecule has 1 atom stereocenters. The smallest absolute Gasteiger partial charge is 0.0801 e. The fourth-order valence-electron chi connectivity index (χ4n) is 1.74. The molecule has 1 unspecified atom stereocenters. The van der Waals surface area contributed by atoms with Crippen molar-refractivity contribution >= 4 is 0 Å². The molecule has 0 amide bonds. The summed E-state index contributed by atoms with van der Waals surface area (Å²) in [6.07, 6.45) is 4.33. The summed E-state index contributed by atoms with van der Waals surface area (Å²) < 4.78 is 5.44. The highest BCUT2D eigenvalue weighted by Crippen LogP contribution is 2.42. The molecule has 0 bridgehead atoms. The van der Waals surface area contributed by atoms with Gasteiger partial charge in [-0.15, -0.1) is 0 Å². The van der Waals surface area contributed by atoms with Gasteiger partial charge in [0.1, 0.15) is 0 Å². The lowest BCUT2D eigenvalue weighted by molar-refractivity contribution is -0.0569. The Morgan fingerprint density at radius 2 is 2.22 bits per heavy atom. The van der Waals surface area contributed by atoms with Crippen molar-refractivity contribution in [2.45, 2.75) is 37.4 Å². The second-order valence-electron chi connectivity index (χ2n) is 3.21. The van der Waals surface area contributed by atoms with Gasteiger partial charge in [-0.25, -0.2) is 0 Å². The zero-order chi connectivity index (χ0) is 6.32. The minimum absolute atomic E-state index is 0.138. The summed E-state index contributed by atoms with van der Waals surface area (Å²) in [5, 5.41) is 9.10. The molecule has 2 heteroatoms. The highest BCUT2D eigenvalue weighted by molar-refractivity contribution is 4.95. The van der Waals surface area contributed by atoms with E-state index in [1.807, 2.05) is 0 Å². The molecule has 2 rings (SSSR count). The molecule has 2 nitrogen and oxygen atoms in total. The zero-order valence-electron chi connectivity index (χ0n) is 5.47. The Labute approximate surface area is 54.8 Å². The second-order valence-corrected chi connectivity index (χ2v) is 3.21. The van der Waals surface area contributed by atoms with Crippen LogP contribution in [0.5, 0.6) is 0 Å². The van der Waals surface area contributed by atoms with Gasteiger partial charge < -0.3 is 9.84 Å². The highest BCUT2D eigenvalue weighted by Gasteiger charge is 2.44. The Hall–Kier alpha value is -0.0800. The summed E-state index contributed by atoms with van der Waals surface area (Å²) in [5.41, 5.74) is 0.138. The topological polar surface area (TPSA) is 29.5 Å². The summed E-state index contributed by atoms with van der Waals surface area (Å²) in [6.45, 7) is 0.569. The SMILES string of the molecule is OC1COC2(CCC2)C1. The van der Waals surface area contributed by atoms with Gasteiger partial charge >= 0.3 is 0 Å². The first-order valence-corrected chi connectivity index (χ1v) is 3.63. The van der Waals surface area contributed by atoms with E-state index in [1.54, 1.807) is 0 Å². The summed E-state index contributed by atoms with van der Waals surface area (Å²) in [4.78, 5) is 0. The third-order valence-electron chi connectivity index (χ3n) is 2.45. The Balaban J connectivity index is 1.99. The average molecular weight is 128 g/mol. The van der Waals surface area contributed by atoms with Crippen molar-refractivity contribution in [1.82, 2.24) is 0 Å². The van der Waals surface area contributed by atoms with Crippen molar-refractivity contribution in [2.24, 2.45) is 0 Å². The van der Waals surface area contributed by atoms with Crippen LogP contribution in [0.2, 0.25) is 0 Å². The van der Waals surface area contributed by atoms with E-state index in [2.05, 4.69) is 0 Å². The van der Waals surface area contributed by atoms with Crippen LogP contribution in [0.25, 0.3) is 0 Å². The van der Waals surface area contributed by atoms with Crippen LogP contribution in [0, 0.1) is 0 Å². The van der Waals surface area contributed by atoms with Gasteiger partial charge in [-0.05, 0) is 19.3 Å². The van der Waals surface area contributed by atoms with E-state index in [0.29, 0.717) is 6.61 Å². The van der Waals surface area contributed by atoms with Crippen LogP contribution in [0.1, 0.15) is 25.7 Å². The van der Waals surface area contributed by atoms with E-state index in [1.165, 1.54) is 19.3 Å². The van der Waals surface area contributed by atoms with Crippen LogP contribution in [-0.4, -0.2) is 23.4 Å². The van der Waals surface area contributed by atoms with Crippen molar-refractivity contribution < 1.29 is 9.84 Å². The van der Waals surface area contributed by atoms with Crippen molar-refractivity contribution in [2.75, 3.05) is 6.61 Å². The van der Waals surface area contributed by atoms with E-state index in [9.17, 15) is 0 Å². The van der Waals surface area contributed by atoms with Crippen LogP contribution in [-0.2, 0) is 4.74 Å². The molecule has 0 radical (unpaired) electrons. The van der Waals surface area contributed by atoms with Gasteiger partial charge in [0.2, 0.25) is 0 Å². The molecule has 1 aliphatic heterocycles. The van der Waals surface area contributed by atoms with Gasteiger partial charge in [-0.3, -0.25) is 0 Å². The molecule has 1 heterocycles. The lowest BCUT2D eigenvalue weighted by Crippen LogP contribution is -2.36. The molecule has 0 aromatic rings. The van der Waals surface area contributed by atoms with Gasteiger partial charge in [0, 0.05) is 6.42 Å². The first kappa shape index (κ1) is 5.69. The molecule has 0 aromatic heterocycles. The number of rotatable bonds is 0. The predicted molar refractivity (Wildman–Crippen MR) is 33.2 cm³/mol. The molecule has 1 aliphatic carbocycles. The molecule has 1 spiro atoms. The summed E-state index contributed by atoms with van der Waals surface area (Å²) in [5.74, 6) is 0. The Kier molecular flexibility index (Phi) is 1.08. The second kappa shape index (κ2) is 1.70. The lowest BCUT2D eigenvalue weighted by Gasteiger charge is -2.36. The van der Waals surface area contributed by atoms with Crippen LogP contribution in [0.15, 0.2) is 0 Å². The molecule has 2 aliphatic rings. The van der Waals surface area contributed by atoms with Gasteiger partial charge in [0.05, 0.1) is 18.3 Å². The number of aliphatic hydroxyl groups is 1. The van der Waals surface area contributed by atoms with Gasteiger partial charge in [0.25, 0.3) is 0 Å². The van der Waals surface area contributed by atoms with E-state index in [4.69, 9.17) is 9.84 Å². The van der Waals surface area contributed by atoms with E-state index in [0.717, 1.165) is 6.42 Å². The number of ether oxygens (including phenoxy) is 1. The molecule has 1 saturated heterocycles. The fourth-order valence-corrected chi connectivity index (χ4v) is 1.74. The average Bonchev–Trinajstić information content (AvgIpc) is 2.09. The zero-order valence-corrected chi connectivity index (χ0v) is 5.47. The molecular formula is C7H12O2. The maximum atomic E-state index is 9.10. The molecular weight excluding hydrogens is 116 g/mol. The molecule has 0 aromatic carbocycles. The van der Waals surface area contributed by atoms with E-state index in [-0.39, 0.29) is 11.7 Å². The van der Waals surface area contributed by atoms with Gasteiger partial charge in [-0.2, -0.15) is 0 Å². The molecule has 52 valence electrons. The minimum atomic E-state index is -0.176. The largest absolute Gasteiger partial charge is 0.391 e. The predicted octanol–water partition coefficient (Wildman–Crippen LogP) is 0.690. The Morgan fingerprint density at radius 3 is 2.44 bits per heavy atom. The fraction of sp³-hybridized carbons (Fsp3) is 1.00. The van der Waals surface area contributed by atoms with Crippen LogP contribution >= 0.6 is 0 Å². The maximum absolute atomic E-state index is 9.10. The lowest BCUT2D eigenvalue weighted by atomic mass is 9.78. The quantitative estimate of drug-likeness (QED) is 0.520. The van der Waals surface area contributed by atoms with Gasteiger partial charge in [-0.1, -0.05) is 0 Å². The molecule has 2 fully saturated rings. The van der Waals surface area contributed by atoms with Crippen LogP contribution in [0.4, 0.5) is 0 Å². The third kappa shape index (κ3) is 0.775. The Bertz CT molecular complexity index is 118. The van der Waals surface area contributed by atoms with E-state index < -0.39 is 0 Å². The normalized spacial score (nSPS) is 39.0. The third-order valence-corrected chi connectivity index (χ3v) is 2.45. The highest BCUT2D eigenvalue weighted by atomic mass is 16.5. The van der Waals surface area contributed by atoms with E-state index >= 15 is 0 Å². The van der Waals surface area contributed by atoms with Gasteiger partial charge in [0.15, 0.2) is 0 Å². The monoisotopic (exact) mass is 128 g/mol. The molecule has 9 heavy (non-hydrogen) atoms. The first-order valence-electron chi connectivity index (χ1n) is 3.63. The van der Waals surface area contributed by atoms with Crippen LogP contribution < -0.4 is 0 Å². The Morgan fingerprint density at radius 1 is 1.44 bits per heavy atom. The van der Waals surface area contributed by atoms with Crippen molar-refractivity contribution in [1.29, 1.82) is 0 Å². The number of hydrogen-bond donors (Lipinski definition) is 1. The van der Waals surface area contributed by atoms with Crippen molar-refractivity contribution in [3.63, 3.8) is 0 Å². The molecule has 1 saturated carbocycles. The van der Waals surface area contributed by atoms with Crippen molar-refractivity contribution in [3.05, 3.63) is 0 Å². The summed E-state index contributed by atoms with van der Waals surface area (Å²) >= 11 is 0. The first-order chi connectivity index (χ1) is 4.31. The number of hydrogen-bond acceptors (Lipinski definition) is 2. The minimum Gasteiger partial charge on any atom is -0.391 e. The standard InChI is InChI=1S/C7H12O2/c8-6-4-7(9-5-6)2-1-3-7/h6,8H,1-5H2. The summed E-state index contributed by atoms with van der Waals surface area (Å²) in [7, 11) is 0. The molecule has 1 N–H and O–H groups in total. The van der Waals surface area contributed by atoms with Crippen molar-refractivity contribution in [3.8, 4) is 0 Å².